The molecule has 1 nitrogen and oxygen atoms in total. The van der Waals surface area contributed by atoms with E-state index >= 15 is 0 Å². The van der Waals surface area contributed by atoms with Crippen molar-refractivity contribution in [2.24, 2.45) is 0 Å². The van der Waals surface area contributed by atoms with Crippen LogP contribution in [0.4, 0.5) is 13.2 Å². The van der Waals surface area contributed by atoms with Gasteiger partial charge in [0.15, 0.2) is 6.10 Å². The van der Waals surface area contributed by atoms with Gasteiger partial charge in [0.05, 0.1) is 13.3 Å². The molecule has 1 saturated heterocycles. The van der Waals surface area contributed by atoms with Gasteiger partial charge in [-0.3, -0.25) is 0 Å². The minimum absolute atomic E-state index is 0.00246. The number of halogens is 3. The molecule has 1 heterocycles. The van der Waals surface area contributed by atoms with Gasteiger partial charge in [-0.2, -0.15) is 13.2 Å². The molecular formula is C22H18F3OP. The summed E-state index contributed by atoms with van der Waals surface area (Å²) in [4.78, 5) is 0. The topological polar surface area (TPSA) is 9.23 Å². The Morgan fingerprint density at radius 3 is 1.30 bits per heavy atom. The Labute approximate surface area is 157 Å². The van der Waals surface area contributed by atoms with Gasteiger partial charge in [-0.05, 0) is 16.7 Å². The fourth-order valence-corrected chi connectivity index (χ4v) is 6.31. The van der Waals surface area contributed by atoms with Crippen molar-refractivity contribution in [2.75, 3.05) is 6.16 Å². The summed E-state index contributed by atoms with van der Waals surface area (Å²) in [5.74, 6) is 0. The van der Waals surface area contributed by atoms with Crippen LogP contribution in [0.1, 0.15) is 16.7 Å². The van der Waals surface area contributed by atoms with Crippen molar-refractivity contribution in [2.45, 2.75) is 17.4 Å². The molecule has 0 saturated carbocycles. The first kappa shape index (κ1) is 18.2. The quantitative estimate of drug-likeness (QED) is 0.376. The van der Waals surface area contributed by atoms with E-state index < -0.39 is 25.6 Å². The van der Waals surface area contributed by atoms with Crippen LogP contribution in [0.5, 0.6) is 0 Å². The minimum Gasteiger partial charge on any atom is -0.344 e. The largest absolute Gasteiger partial charge is 0.415 e. The zero-order valence-corrected chi connectivity index (χ0v) is 15.3. The number of hydrogen-bond donors (Lipinski definition) is 0. The van der Waals surface area contributed by atoms with Gasteiger partial charge >= 0.3 is 6.18 Å². The normalized spacial score (nSPS) is 20.1. The number of alkyl halides is 3. The second-order valence-electron chi connectivity index (χ2n) is 6.51. The molecule has 0 spiro atoms. The molecule has 4 rings (SSSR count). The van der Waals surface area contributed by atoms with Crippen LogP contribution in [0, 0.1) is 0 Å². The first-order valence-corrected chi connectivity index (χ1v) is 10.1. The molecule has 0 bridgehead atoms. The van der Waals surface area contributed by atoms with Gasteiger partial charge in [-0.1, -0.05) is 91.0 Å². The lowest BCUT2D eigenvalue weighted by Gasteiger charge is -2.49. The predicted molar refractivity (Wildman–Crippen MR) is 102 cm³/mol. The highest BCUT2D eigenvalue weighted by molar-refractivity contribution is 7.56. The average molecular weight is 386 g/mol. The van der Waals surface area contributed by atoms with Gasteiger partial charge in [-0.25, -0.2) is 0 Å². The molecule has 2 unspecified atom stereocenters. The van der Waals surface area contributed by atoms with Gasteiger partial charge in [0.1, 0.15) is 0 Å². The summed E-state index contributed by atoms with van der Waals surface area (Å²) in [6, 6.07) is 29.2. The van der Waals surface area contributed by atoms with E-state index in [0.717, 1.165) is 16.7 Å². The minimum atomic E-state index is -4.32. The summed E-state index contributed by atoms with van der Waals surface area (Å²) in [5.41, 5.74) is 2.86. The van der Waals surface area contributed by atoms with Gasteiger partial charge < -0.3 is 4.52 Å². The summed E-state index contributed by atoms with van der Waals surface area (Å²) in [5, 5.41) is -0.735. The molecule has 0 amide bonds. The molecular weight excluding hydrogens is 368 g/mol. The summed E-state index contributed by atoms with van der Waals surface area (Å²) in [7, 11) is -1.40. The Kier molecular flexibility index (Phi) is 4.79. The molecule has 3 aromatic rings. The third-order valence-electron chi connectivity index (χ3n) is 4.90. The average Bonchev–Trinajstić information content (AvgIpc) is 2.65. The predicted octanol–water partition coefficient (Wildman–Crippen LogP) is 6.34. The summed E-state index contributed by atoms with van der Waals surface area (Å²) in [6.07, 6.45) is -6.01. The Balaban J connectivity index is 1.91. The Morgan fingerprint density at radius 2 is 1.00 bits per heavy atom. The molecule has 1 aliphatic rings. The van der Waals surface area contributed by atoms with Gasteiger partial charge in [0, 0.05) is 6.16 Å². The molecule has 0 radical (unpaired) electrons. The standard InChI is InChI=1S/C22H18F3OP/c23-22(24,25)20-16-27(26-20)21(17-10-4-1-5-11-17,18-12-6-2-7-13-18)19-14-8-3-9-15-19/h1-15,20H,16H2. The lowest BCUT2D eigenvalue weighted by Crippen LogP contribution is -2.46. The summed E-state index contributed by atoms with van der Waals surface area (Å²) >= 11 is 0. The van der Waals surface area contributed by atoms with Crippen LogP contribution >= 0.6 is 8.15 Å². The summed E-state index contributed by atoms with van der Waals surface area (Å²) < 4.78 is 45.0. The molecule has 1 fully saturated rings. The first-order valence-electron chi connectivity index (χ1n) is 8.70. The third-order valence-corrected chi connectivity index (χ3v) is 7.60. The lowest BCUT2D eigenvalue weighted by molar-refractivity contribution is -0.197. The SMILES string of the molecule is FC(F)(F)C1CP(C(c2ccccc2)(c2ccccc2)c2ccccc2)O1. The van der Waals surface area contributed by atoms with E-state index in [1.54, 1.807) is 0 Å². The second kappa shape index (κ2) is 7.10. The maximum atomic E-state index is 13.2. The second-order valence-corrected chi connectivity index (χ2v) is 8.51. The number of benzene rings is 3. The zero-order chi connectivity index (χ0) is 18.9. The molecule has 0 aromatic heterocycles. The van der Waals surface area contributed by atoms with Gasteiger partial charge in [0.2, 0.25) is 0 Å². The maximum absolute atomic E-state index is 13.2. The highest BCUT2D eigenvalue weighted by Crippen LogP contribution is 2.70. The van der Waals surface area contributed by atoms with Crippen molar-refractivity contribution in [1.82, 2.24) is 0 Å². The van der Waals surface area contributed by atoms with E-state index in [4.69, 9.17) is 4.52 Å². The van der Waals surface area contributed by atoms with Gasteiger partial charge in [-0.15, -0.1) is 0 Å². The number of rotatable bonds is 4. The van der Waals surface area contributed by atoms with E-state index in [0.29, 0.717) is 0 Å². The van der Waals surface area contributed by atoms with Crippen LogP contribution in [-0.4, -0.2) is 18.4 Å². The molecule has 27 heavy (non-hydrogen) atoms. The highest BCUT2D eigenvalue weighted by Gasteiger charge is 2.58. The third kappa shape index (κ3) is 3.18. The zero-order valence-electron chi connectivity index (χ0n) is 14.4. The van der Waals surface area contributed by atoms with E-state index in [2.05, 4.69) is 0 Å². The number of hydrogen-bond acceptors (Lipinski definition) is 1. The smallest absolute Gasteiger partial charge is 0.344 e. The summed E-state index contributed by atoms with van der Waals surface area (Å²) in [6.45, 7) is 0. The van der Waals surface area contributed by atoms with E-state index in [1.807, 2.05) is 91.0 Å². The van der Waals surface area contributed by atoms with Crippen molar-refractivity contribution < 1.29 is 17.7 Å². The van der Waals surface area contributed by atoms with Crippen LogP contribution in [0.15, 0.2) is 91.0 Å². The molecule has 3 aromatic carbocycles. The van der Waals surface area contributed by atoms with Crippen molar-refractivity contribution in [3.63, 3.8) is 0 Å². The molecule has 0 N–H and O–H groups in total. The van der Waals surface area contributed by atoms with Crippen LogP contribution in [0.3, 0.4) is 0 Å². The van der Waals surface area contributed by atoms with E-state index in [1.165, 1.54) is 0 Å². The van der Waals surface area contributed by atoms with Crippen molar-refractivity contribution in [3.05, 3.63) is 108 Å². The van der Waals surface area contributed by atoms with Crippen molar-refractivity contribution in [1.29, 1.82) is 0 Å². The molecule has 138 valence electrons. The fraction of sp³-hybridized carbons (Fsp3) is 0.182. The van der Waals surface area contributed by atoms with Crippen LogP contribution in [-0.2, 0) is 9.68 Å². The van der Waals surface area contributed by atoms with Crippen LogP contribution in [0.2, 0.25) is 0 Å². The van der Waals surface area contributed by atoms with Crippen molar-refractivity contribution in [3.8, 4) is 0 Å². The Bertz CT molecular complexity index is 779. The van der Waals surface area contributed by atoms with E-state index in [-0.39, 0.29) is 6.16 Å². The van der Waals surface area contributed by atoms with Gasteiger partial charge in [0.25, 0.3) is 0 Å². The molecule has 0 aliphatic carbocycles. The van der Waals surface area contributed by atoms with Crippen LogP contribution < -0.4 is 0 Å². The molecule has 5 heteroatoms. The Hall–Kier alpha value is -2.16. The first-order chi connectivity index (χ1) is 13.0. The fourth-order valence-electron chi connectivity index (χ4n) is 3.64. The van der Waals surface area contributed by atoms with E-state index in [9.17, 15) is 13.2 Å². The lowest BCUT2D eigenvalue weighted by atomic mass is 9.84. The Morgan fingerprint density at radius 1 is 0.667 bits per heavy atom. The highest BCUT2D eigenvalue weighted by atomic mass is 31.1. The van der Waals surface area contributed by atoms with Crippen molar-refractivity contribution >= 4 is 8.15 Å². The molecule has 2 atom stereocenters. The van der Waals surface area contributed by atoms with Crippen LogP contribution in [0.25, 0.3) is 0 Å². The molecule has 1 aliphatic heterocycles. The monoisotopic (exact) mass is 386 g/mol. The maximum Gasteiger partial charge on any atom is 0.415 e.